The molecule has 8 heteroatoms. The zero-order valence-electron chi connectivity index (χ0n) is 9.92. The van der Waals surface area contributed by atoms with Crippen molar-refractivity contribution in [3.8, 4) is 0 Å². The Hall–Kier alpha value is -0.960. The summed E-state index contributed by atoms with van der Waals surface area (Å²) in [5, 5.41) is 10.4. The Morgan fingerprint density at radius 3 is 2.79 bits per heavy atom. The second-order valence-corrected chi connectivity index (χ2v) is 7.36. The van der Waals surface area contributed by atoms with E-state index >= 15 is 0 Å². The molecule has 0 aromatic carbocycles. The highest BCUT2D eigenvalue weighted by molar-refractivity contribution is 9.10. The number of aliphatic hydroxyl groups excluding tert-OH is 1. The van der Waals surface area contributed by atoms with Crippen LogP contribution in [0.15, 0.2) is 33.1 Å². The van der Waals surface area contributed by atoms with Gasteiger partial charge in [0.1, 0.15) is 5.82 Å². The maximum absolute atomic E-state index is 12.1. The van der Waals surface area contributed by atoms with E-state index in [9.17, 15) is 8.42 Å². The molecule has 0 radical (unpaired) electrons. The second-order valence-electron chi connectivity index (χ2n) is 3.83. The topological polar surface area (TPSA) is 79.3 Å². The number of nitrogens with zero attached hydrogens (tertiary/aromatic N) is 1. The molecule has 0 spiro atoms. The third kappa shape index (κ3) is 3.33. The number of nitrogens with one attached hydrogen (secondary N) is 1. The van der Waals surface area contributed by atoms with Gasteiger partial charge in [-0.1, -0.05) is 0 Å². The number of thiophene rings is 1. The van der Waals surface area contributed by atoms with Crippen LogP contribution in [-0.4, -0.2) is 18.5 Å². The van der Waals surface area contributed by atoms with Gasteiger partial charge >= 0.3 is 0 Å². The molecule has 2 heterocycles. The SMILES string of the molecule is Cc1cc(NS(=O)(=O)c2csc(CO)c2)ncc1Br. The highest BCUT2D eigenvalue weighted by atomic mass is 79.9. The van der Waals surface area contributed by atoms with E-state index in [1.54, 1.807) is 12.3 Å². The zero-order chi connectivity index (χ0) is 14.0. The van der Waals surface area contributed by atoms with Crippen molar-refractivity contribution in [1.29, 1.82) is 0 Å². The highest BCUT2D eigenvalue weighted by Crippen LogP contribution is 2.23. The number of hydrogen-bond acceptors (Lipinski definition) is 5. The fourth-order valence-corrected chi connectivity index (χ4v) is 3.73. The number of aryl methyl sites for hydroxylation is 1. The number of halogens is 1. The van der Waals surface area contributed by atoms with Crippen LogP contribution in [0.25, 0.3) is 0 Å². The smallest absolute Gasteiger partial charge is 0.263 e. The molecule has 5 nitrogen and oxygen atoms in total. The lowest BCUT2D eigenvalue weighted by atomic mass is 10.3. The van der Waals surface area contributed by atoms with Gasteiger partial charge in [0.05, 0.1) is 11.5 Å². The fraction of sp³-hybridized carbons (Fsp3) is 0.182. The molecule has 102 valence electrons. The van der Waals surface area contributed by atoms with Crippen LogP contribution in [0, 0.1) is 6.92 Å². The first-order valence-electron chi connectivity index (χ1n) is 5.25. The summed E-state index contributed by atoms with van der Waals surface area (Å²) >= 11 is 4.50. The van der Waals surface area contributed by atoms with E-state index in [-0.39, 0.29) is 17.3 Å². The zero-order valence-corrected chi connectivity index (χ0v) is 13.1. The van der Waals surface area contributed by atoms with Crippen LogP contribution in [-0.2, 0) is 16.6 Å². The summed E-state index contributed by atoms with van der Waals surface area (Å²) < 4.78 is 27.4. The second kappa shape index (κ2) is 5.58. The van der Waals surface area contributed by atoms with Gasteiger partial charge in [0, 0.05) is 20.9 Å². The van der Waals surface area contributed by atoms with Crippen LogP contribution in [0.4, 0.5) is 5.82 Å². The molecule has 0 saturated heterocycles. The van der Waals surface area contributed by atoms with E-state index in [1.165, 1.54) is 22.8 Å². The highest BCUT2D eigenvalue weighted by Gasteiger charge is 2.17. The third-order valence-electron chi connectivity index (χ3n) is 2.38. The molecule has 2 rings (SSSR count). The lowest BCUT2D eigenvalue weighted by Crippen LogP contribution is -2.13. The largest absolute Gasteiger partial charge is 0.391 e. The van der Waals surface area contributed by atoms with Gasteiger partial charge in [0.2, 0.25) is 0 Å². The first kappa shape index (κ1) is 14.4. The van der Waals surface area contributed by atoms with Crippen molar-refractivity contribution >= 4 is 43.1 Å². The van der Waals surface area contributed by atoms with E-state index in [4.69, 9.17) is 5.11 Å². The van der Waals surface area contributed by atoms with Crippen molar-refractivity contribution < 1.29 is 13.5 Å². The molecule has 2 aromatic rings. The quantitative estimate of drug-likeness (QED) is 0.875. The standard InChI is InChI=1S/C11H11BrN2O3S2/c1-7-2-11(13-4-10(7)12)14-19(16,17)9-3-8(5-15)18-6-9/h2-4,6,15H,5H2,1H3,(H,13,14). The van der Waals surface area contributed by atoms with Crippen molar-refractivity contribution in [2.45, 2.75) is 18.4 Å². The molecule has 0 aliphatic rings. The molecule has 0 amide bonds. The summed E-state index contributed by atoms with van der Waals surface area (Å²) in [4.78, 5) is 4.72. The van der Waals surface area contributed by atoms with E-state index < -0.39 is 10.0 Å². The molecular weight excluding hydrogens is 352 g/mol. The van der Waals surface area contributed by atoms with Crippen LogP contribution >= 0.6 is 27.3 Å². The number of sulfonamides is 1. The first-order chi connectivity index (χ1) is 8.92. The Bertz CT molecular complexity index is 698. The number of aromatic nitrogens is 1. The Kier molecular flexibility index (Phi) is 4.24. The summed E-state index contributed by atoms with van der Waals surface area (Å²) in [6, 6.07) is 3.08. The van der Waals surface area contributed by atoms with Gasteiger partial charge in [-0.25, -0.2) is 13.4 Å². The fourth-order valence-electron chi connectivity index (χ4n) is 1.38. The molecule has 0 atom stereocenters. The molecule has 0 fully saturated rings. The summed E-state index contributed by atoms with van der Waals surface area (Å²) in [6.45, 7) is 1.67. The maximum atomic E-state index is 12.1. The van der Waals surface area contributed by atoms with Crippen molar-refractivity contribution in [2.75, 3.05) is 4.72 Å². The lowest BCUT2D eigenvalue weighted by Gasteiger charge is -2.07. The summed E-state index contributed by atoms with van der Waals surface area (Å²) in [6.07, 6.45) is 1.54. The number of hydrogen-bond donors (Lipinski definition) is 2. The van der Waals surface area contributed by atoms with E-state index in [0.29, 0.717) is 4.88 Å². The molecule has 0 aliphatic heterocycles. The summed E-state index contributed by atoms with van der Waals surface area (Å²) in [7, 11) is -3.66. The van der Waals surface area contributed by atoms with Crippen LogP contribution in [0.1, 0.15) is 10.4 Å². The molecular formula is C11H11BrN2O3S2. The van der Waals surface area contributed by atoms with Gasteiger partial charge in [-0.3, -0.25) is 4.72 Å². The van der Waals surface area contributed by atoms with Gasteiger partial charge in [0.15, 0.2) is 0 Å². The predicted octanol–water partition coefficient (Wildman–Crippen LogP) is 2.51. The molecule has 2 N–H and O–H groups in total. The molecule has 0 bridgehead atoms. The third-order valence-corrected chi connectivity index (χ3v) is 5.62. The van der Waals surface area contributed by atoms with Crippen LogP contribution < -0.4 is 4.72 Å². The number of anilines is 1. The Morgan fingerprint density at radius 2 is 2.21 bits per heavy atom. The molecule has 0 aliphatic carbocycles. The average molecular weight is 363 g/mol. The van der Waals surface area contributed by atoms with Gasteiger partial charge < -0.3 is 5.11 Å². The minimum atomic E-state index is -3.66. The Morgan fingerprint density at radius 1 is 1.47 bits per heavy atom. The average Bonchev–Trinajstić information content (AvgIpc) is 2.83. The Labute approximate surface area is 123 Å². The lowest BCUT2D eigenvalue weighted by molar-refractivity contribution is 0.285. The maximum Gasteiger partial charge on any atom is 0.263 e. The van der Waals surface area contributed by atoms with Crippen molar-refractivity contribution in [2.24, 2.45) is 0 Å². The molecule has 2 aromatic heterocycles. The normalized spacial score (nSPS) is 11.5. The van der Waals surface area contributed by atoms with E-state index in [1.807, 2.05) is 6.92 Å². The molecule has 19 heavy (non-hydrogen) atoms. The van der Waals surface area contributed by atoms with Crippen molar-refractivity contribution in [3.63, 3.8) is 0 Å². The summed E-state index contributed by atoms with van der Waals surface area (Å²) in [5.74, 6) is 0.262. The van der Waals surface area contributed by atoms with E-state index in [0.717, 1.165) is 10.0 Å². The van der Waals surface area contributed by atoms with Crippen molar-refractivity contribution in [1.82, 2.24) is 4.98 Å². The Balaban J connectivity index is 2.28. The minimum absolute atomic E-state index is 0.129. The monoisotopic (exact) mass is 362 g/mol. The van der Waals surface area contributed by atoms with Gasteiger partial charge in [-0.2, -0.15) is 0 Å². The minimum Gasteiger partial charge on any atom is -0.391 e. The molecule has 0 unspecified atom stereocenters. The van der Waals surface area contributed by atoms with Gasteiger partial charge in [-0.05, 0) is 40.5 Å². The van der Waals surface area contributed by atoms with Gasteiger partial charge in [0.25, 0.3) is 10.0 Å². The molecule has 0 saturated carbocycles. The number of rotatable bonds is 4. The van der Waals surface area contributed by atoms with E-state index in [2.05, 4.69) is 25.6 Å². The van der Waals surface area contributed by atoms with Crippen LogP contribution in [0.5, 0.6) is 0 Å². The summed E-state index contributed by atoms with van der Waals surface area (Å²) in [5.41, 5.74) is 0.883. The van der Waals surface area contributed by atoms with Crippen LogP contribution in [0.3, 0.4) is 0 Å². The van der Waals surface area contributed by atoms with Gasteiger partial charge in [-0.15, -0.1) is 11.3 Å². The number of aliphatic hydroxyl groups is 1. The number of pyridine rings is 1. The van der Waals surface area contributed by atoms with Crippen molar-refractivity contribution in [3.05, 3.63) is 38.6 Å². The van der Waals surface area contributed by atoms with Crippen LogP contribution in [0.2, 0.25) is 0 Å². The predicted molar refractivity (Wildman–Crippen MR) is 77.7 cm³/mol. The first-order valence-corrected chi connectivity index (χ1v) is 8.41.